The first-order valence-electron chi connectivity index (χ1n) is 6.03. The van der Waals surface area contributed by atoms with Crippen LogP contribution >= 0.6 is 0 Å². The van der Waals surface area contributed by atoms with E-state index in [-0.39, 0.29) is 11.7 Å². The second-order valence-electron chi connectivity index (χ2n) is 4.41. The van der Waals surface area contributed by atoms with Gasteiger partial charge in [0.1, 0.15) is 0 Å². The Morgan fingerprint density at radius 1 is 1.31 bits per heavy atom. The maximum absolute atomic E-state index is 11.4. The molecule has 4 heteroatoms. The second-order valence-corrected chi connectivity index (χ2v) is 4.41. The fourth-order valence-corrected chi connectivity index (χ4v) is 2.01. The van der Waals surface area contributed by atoms with E-state index in [4.69, 9.17) is 9.47 Å². The smallest absolute Gasteiger partial charge is 0.222 e. The third-order valence-corrected chi connectivity index (χ3v) is 2.98. The number of hydrogen-bond donors (Lipinski definition) is 0. The molecule has 0 aromatic rings. The number of amides is 1. The number of carbonyl (C=O) groups excluding carboxylic acids is 1. The van der Waals surface area contributed by atoms with Gasteiger partial charge in [0, 0.05) is 46.1 Å². The van der Waals surface area contributed by atoms with Gasteiger partial charge in [0.05, 0.1) is 0 Å². The highest BCUT2D eigenvalue weighted by Gasteiger charge is 2.56. The lowest BCUT2D eigenvalue weighted by atomic mass is 10.2. The average molecular weight is 229 g/mol. The lowest BCUT2D eigenvalue weighted by molar-refractivity contribution is -0.172. The summed E-state index contributed by atoms with van der Waals surface area (Å²) in [6.07, 6.45) is 2.37. The molecule has 1 aliphatic rings. The van der Waals surface area contributed by atoms with Crippen LogP contribution < -0.4 is 0 Å². The molecule has 0 aromatic carbocycles. The number of rotatable bonds is 7. The van der Waals surface area contributed by atoms with E-state index in [0.29, 0.717) is 25.6 Å². The summed E-state index contributed by atoms with van der Waals surface area (Å²) >= 11 is 0. The Balaban J connectivity index is 2.32. The Labute approximate surface area is 97.9 Å². The van der Waals surface area contributed by atoms with E-state index in [1.807, 2.05) is 13.8 Å². The molecule has 1 aliphatic carbocycles. The van der Waals surface area contributed by atoms with E-state index in [9.17, 15) is 4.79 Å². The minimum absolute atomic E-state index is 0.175. The summed E-state index contributed by atoms with van der Waals surface area (Å²) in [5, 5.41) is 0. The van der Waals surface area contributed by atoms with E-state index >= 15 is 0 Å². The Bertz CT molecular complexity index is 234. The van der Waals surface area contributed by atoms with Gasteiger partial charge in [-0.05, 0) is 20.3 Å². The van der Waals surface area contributed by atoms with Crippen molar-refractivity contribution in [1.82, 2.24) is 4.90 Å². The molecule has 1 rings (SSSR count). The third-order valence-electron chi connectivity index (χ3n) is 2.98. The van der Waals surface area contributed by atoms with Crippen molar-refractivity contribution in [3.05, 3.63) is 0 Å². The first kappa shape index (κ1) is 13.5. The van der Waals surface area contributed by atoms with Crippen molar-refractivity contribution >= 4 is 5.91 Å². The number of ether oxygens (including phenoxy) is 2. The van der Waals surface area contributed by atoms with Gasteiger partial charge in [-0.15, -0.1) is 0 Å². The largest absolute Gasteiger partial charge is 0.350 e. The zero-order valence-corrected chi connectivity index (χ0v) is 10.8. The quantitative estimate of drug-likeness (QED) is 0.623. The Morgan fingerprint density at radius 3 is 2.31 bits per heavy atom. The Morgan fingerprint density at radius 2 is 1.88 bits per heavy atom. The highest BCUT2D eigenvalue weighted by atomic mass is 16.7. The van der Waals surface area contributed by atoms with Crippen LogP contribution in [0.3, 0.4) is 0 Å². The van der Waals surface area contributed by atoms with Gasteiger partial charge in [-0.2, -0.15) is 0 Å². The molecule has 0 spiro atoms. The van der Waals surface area contributed by atoms with Gasteiger partial charge < -0.3 is 14.4 Å². The van der Waals surface area contributed by atoms with Crippen molar-refractivity contribution in [3.8, 4) is 0 Å². The van der Waals surface area contributed by atoms with E-state index < -0.39 is 0 Å². The van der Waals surface area contributed by atoms with Crippen molar-refractivity contribution in [3.63, 3.8) is 0 Å². The number of carbonyl (C=O) groups is 1. The van der Waals surface area contributed by atoms with Gasteiger partial charge in [0.2, 0.25) is 5.91 Å². The predicted octanol–water partition coefficient (Wildman–Crippen LogP) is 1.64. The monoisotopic (exact) mass is 229 g/mol. The summed E-state index contributed by atoms with van der Waals surface area (Å²) in [5.41, 5.74) is 0. The second kappa shape index (κ2) is 5.64. The fourth-order valence-electron chi connectivity index (χ4n) is 2.01. The van der Waals surface area contributed by atoms with Crippen LogP contribution in [0, 0.1) is 5.92 Å². The zero-order valence-electron chi connectivity index (χ0n) is 10.8. The molecule has 0 aliphatic heterocycles. The first-order chi connectivity index (χ1) is 7.55. The molecule has 0 saturated heterocycles. The van der Waals surface area contributed by atoms with Crippen LogP contribution in [-0.2, 0) is 14.3 Å². The van der Waals surface area contributed by atoms with Crippen LogP contribution in [0.15, 0.2) is 0 Å². The lowest BCUT2D eigenvalue weighted by Crippen LogP contribution is -2.24. The normalized spacial score (nSPS) is 21.9. The van der Waals surface area contributed by atoms with Crippen molar-refractivity contribution in [1.29, 1.82) is 0 Å². The molecule has 0 aromatic heterocycles. The van der Waals surface area contributed by atoms with Crippen LogP contribution in [0.5, 0.6) is 0 Å². The molecular formula is C12H23NO3. The Hall–Kier alpha value is -0.610. The van der Waals surface area contributed by atoms with Gasteiger partial charge in [0.25, 0.3) is 0 Å². The zero-order chi connectivity index (χ0) is 12.2. The summed E-state index contributed by atoms with van der Waals surface area (Å²) in [5.74, 6) is 0.181. The molecule has 1 fully saturated rings. The van der Waals surface area contributed by atoms with Crippen LogP contribution in [0.25, 0.3) is 0 Å². The van der Waals surface area contributed by atoms with Gasteiger partial charge in [-0.3, -0.25) is 4.79 Å². The Kier molecular flexibility index (Phi) is 4.74. The number of hydrogen-bond acceptors (Lipinski definition) is 3. The summed E-state index contributed by atoms with van der Waals surface area (Å²) in [6.45, 7) is 5.28. The minimum atomic E-state index is -0.379. The molecule has 1 atom stereocenters. The highest BCUT2D eigenvalue weighted by Crippen LogP contribution is 2.50. The summed E-state index contributed by atoms with van der Waals surface area (Å²) in [4.78, 5) is 13.1. The molecule has 1 amide bonds. The van der Waals surface area contributed by atoms with E-state index in [0.717, 1.165) is 12.8 Å². The maximum Gasteiger partial charge on any atom is 0.222 e. The summed E-state index contributed by atoms with van der Waals surface area (Å²) in [7, 11) is 3.57. The molecule has 1 saturated carbocycles. The highest BCUT2D eigenvalue weighted by molar-refractivity contribution is 5.75. The van der Waals surface area contributed by atoms with Crippen molar-refractivity contribution in [2.24, 2.45) is 5.92 Å². The topological polar surface area (TPSA) is 38.8 Å². The molecular weight excluding hydrogens is 206 g/mol. The van der Waals surface area contributed by atoms with Gasteiger partial charge in [-0.1, -0.05) is 0 Å². The van der Waals surface area contributed by atoms with Gasteiger partial charge >= 0.3 is 0 Å². The van der Waals surface area contributed by atoms with E-state index in [1.165, 1.54) is 0 Å². The first-order valence-corrected chi connectivity index (χ1v) is 6.03. The molecule has 4 nitrogen and oxygen atoms in total. The molecule has 0 heterocycles. The van der Waals surface area contributed by atoms with E-state index in [1.54, 1.807) is 19.0 Å². The fraction of sp³-hybridized carbons (Fsp3) is 0.917. The summed E-state index contributed by atoms with van der Waals surface area (Å²) < 4.78 is 11.3. The van der Waals surface area contributed by atoms with Crippen molar-refractivity contribution in [2.75, 3.05) is 27.3 Å². The third kappa shape index (κ3) is 3.19. The molecule has 0 bridgehead atoms. The molecule has 94 valence electrons. The van der Waals surface area contributed by atoms with E-state index in [2.05, 4.69) is 0 Å². The number of nitrogens with zero attached hydrogens (tertiary/aromatic N) is 1. The maximum atomic E-state index is 11.4. The predicted molar refractivity (Wildman–Crippen MR) is 62.0 cm³/mol. The SMILES string of the molecule is CCOC1(OCC)CC1CCC(=O)N(C)C. The van der Waals surface area contributed by atoms with Gasteiger partial charge in [0.15, 0.2) is 5.79 Å². The molecule has 0 N–H and O–H groups in total. The summed E-state index contributed by atoms with van der Waals surface area (Å²) in [6, 6.07) is 0. The molecule has 16 heavy (non-hydrogen) atoms. The van der Waals surface area contributed by atoms with Crippen LogP contribution in [0.4, 0.5) is 0 Å². The van der Waals surface area contributed by atoms with Crippen molar-refractivity contribution < 1.29 is 14.3 Å². The molecule has 0 radical (unpaired) electrons. The average Bonchev–Trinajstić information content (AvgIpc) is 2.89. The molecule has 1 unspecified atom stereocenters. The van der Waals surface area contributed by atoms with Gasteiger partial charge in [-0.25, -0.2) is 0 Å². The standard InChI is InChI=1S/C12H23NO3/c1-5-15-12(16-6-2)9-10(12)7-8-11(14)13(3)4/h10H,5-9H2,1-4H3. The minimum Gasteiger partial charge on any atom is -0.350 e. The van der Waals surface area contributed by atoms with Crippen LogP contribution in [0.1, 0.15) is 33.1 Å². The lowest BCUT2D eigenvalue weighted by Gasteiger charge is -2.17. The van der Waals surface area contributed by atoms with Crippen molar-refractivity contribution in [2.45, 2.75) is 38.9 Å². The van der Waals surface area contributed by atoms with Crippen LogP contribution in [-0.4, -0.2) is 43.9 Å². The van der Waals surface area contributed by atoms with Crippen LogP contribution in [0.2, 0.25) is 0 Å².